The van der Waals surface area contributed by atoms with E-state index in [1.807, 2.05) is 20.8 Å². The van der Waals surface area contributed by atoms with Gasteiger partial charge in [0.25, 0.3) is 10.1 Å². The first-order valence-corrected chi connectivity index (χ1v) is 9.23. The van der Waals surface area contributed by atoms with Crippen LogP contribution in [-0.2, 0) is 38.0 Å². The van der Waals surface area contributed by atoms with Crippen LogP contribution in [0.2, 0.25) is 0 Å². The Bertz CT molecular complexity index is 488. The minimum atomic E-state index is -3.71. The lowest BCUT2D eigenvalue weighted by atomic mass is 10.3. The zero-order chi connectivity index (χ0) is 18.2. The molecule has 1 heterocycles. The van der Waals surface area contributed by atoms with Crippen LogP contribution in [0.25, 0.3) is 0 Å². The van der Waals surface area contributed by atoms with Crippen molar-refractivity contribution in [1.29, 1.82) is 0 Å². The minimum absolute atomic E-state index is 0.162. The van der Waals surface area contributed by atoms with Gasteiger partial charge in [0.2, 0.25) is 0 Å². The van der Waals surface area contributed by atoms with E-state index in [0.717, 1.165) is 12.7 Å². The summed E-state index contributed by atoms with van der Waals surface area (Å²) in [4.78, 5) is 0. The Morgan fingerprint density at radius 2 is 2.00 bits per heavy atom. The van der Waals surface area contributed by atoms with Crippen LogP contribution in [0.3, 0.4) is 0 Å². The van der Waals surface area contributed by atoms with E-state index in [2.05, 4.69) is 10.8 Å². The fourth-order valence-corrected chi connectivity index (χ4v) is 2.37. The SMILES string of the molecule is C=C(C)COCC(COCC1COC(C)(C)O1)OCS(=O)(=O)OC. The number of hydrogen-bond donors (Lipinski definition) is 0. The maximum Gasteiger partial charge on any atom is 0.291 e. The van der Waals surface area contributed by atoms with E-state index >= 15 is 0 Å². The summed E-state index contributed by atoms with van der Waals surface area (Å²) in [7, 11) is -2.62. The zero-order valence-corrected chi connectivity index (χ0v) is 15.6. The van der Waals surface area contributed by atoms with Crippen molar-refractivity contribution in [2.45, 2.75) is 38.8 Å². The molecule has 0 radical (unpaired) electrons. The molecule has 1 aliphatic heterocycles. The van der Waals surface area contributed by atoms with Crippen LogP contribution in [0.15, 0.2) is 12.2 Å². The Kier molecular flexibility index (Phi) is 8.78. The number of ether oxygens (including phenoxy) is 5. The predicted octanol–water partition coefficient (Wildman–Crippen LogP) is 1.07. The molecule has 2 atom stereocenters. The van der Waals surface area contributed by atoms with Crippen molar-refractivity contribution in [2.75, 3.05) is 46.1 Å². The van der Waals surface area contributed by atoms with E-state index in [9.17, 15) is 8.42 Å². The Morgan fingerprint density at radius 1 is 1.33 bits per heavy atom. The molecule has 0 amide bonds. The number of hydrogen-bond acceptors (Lipinski definition) is 8. The fourth-order valence-electron chi connectivity index (χ4n) is 1.91. The van der Waals surface area contributed by atoms with Gasteiger partial charge in [0.15, 0.2) is 11.7 Å². The third-order valence-corrected chi connectivity index (χ3v) is 3.96. The molecule has 2 unspecified atom stereocenters. The Labute approximate surface area is 144 Å². The molecule has 8 nitrogen and oxygen atoms in total. The summed E-state index contributed by atoms with van der Waals surface area (Å²) < 4.78 is 54.4. The van der Waals surface area contributed by atoms with Crippen molar-refractivity contribution in [3.63, 3.8) is 0 Å². The van der Waals surface area contributed by atoms with Crippen LogP contribution in [0.1, 0.15) is 20.8 Å². The summed E-state index contributed by atoms with van der Waals surface area (Å²) >= 11 is 0. The van der Waals surface area contributed by atoms with Gasteiger partial charge in [-0.15, -0.1) is 0 Å². The van der Waals surface area contributed by atoms with Crippen molar-refractivity contribution in [3.05, 3.63) is 12.2 Å². The van der Waals surface area contributed by atoms with Gasteiger partial charge in [0, 0.05) is 0 Å². The van der Waals surface area contributed by atoms with Gasteiger partial charge < -0.3 is 23.7 Å². The van der Waals surface area contributed by atoms with E-state index in [0.29, 0.717) is 19.8 Å². The lowest BCUT2D eigenvalue weighted by Crippen LogP contribution is -2.31. The highest BCUT2D eigenvalue weighted by atomic mass is 32.2. The Morgan fingerprint density at radius 3 is 2.54 bits per heavy atom. The third-order valence-electron chi connectivity index (χ3n) is 3.03. The first-order chi connectivity index (χ1) is 11.1. The van der Waals surface area contributed by atoms with Crippen LogP contribution in [-0.4, -0.2) is 72.5 Å². The molecule has 0 N–H and O–H groups in total. The van der Waals surface area contributed by atoms with Crippen molar-refractivity contribution in [2.24, 2.45) is 0 Å². The molecule has 24 heavy (non-hydrogen) atoms. The van der Waals surface area contributed by atoms with Crippen LogP contribution in [0.4, 0.5) is 0 Å². The highest BCUT2D eigenvalue weighted by Gasteiger charge is 2.32. The molecule has 1 rings (SSSR count). The van der Waals surface area contributed by atoms with E-state index in [1.54, 1.807) is 0 Å². The van der Waals surface area contributed by atoms with Gasteiger partial charge in [-0.2, -0.15) is 8.42 Å². The van der Waals surface area contributed by atoms with E-state index in [4.69, 9.17) is 23.7 Å². The molecule has 0 saturated carbocycles. The van der Waals surface area contributed by atoms with E-state index < -0.39 is 27.9 Å². The van der Waals surface area contributed by atoms with Gasteiger partial charge in [-0.05, 0) is 20.8 Å². The lowest BCUT2D eigenvalue weighted by Gasteiger charge is -2.20. The topological polar surface area (TPSA) is 89.5 Å². The quantitative estimate of drug-likeness (QED) is 0.373. The predicted molar refractivity (Wildman–Crippen MR) is 87.0 cm³/mol. The summed E-state index contributed by atoms with van der Waals surface area (Å²) in [6, 6.07) is 0. The molecule has 142 valence electrons. The molecule has 0 aromatic heterocycles. The first-order valence-electron chi connectivity index (χ1n) is 7.65. The van der Waals surface area contributed by atoms with Crippen LogP contribution in [0.5, 0.6) is 0 Å². The van der Waals surface area contributed by atoms with Gasteiger partial charge in [0.05, 0.1) is 40.1 Å². The van der Waals surface area contributed by atoms with Crippen molar-refractivity contribution in [3.8, 4) is 0 Å². The highest BCUT2D eigenvalue weighted by Crippen LogP contribution is 2.22. The fraction of sp³-hybridized carbons (Fsp3) is 0.867. The van der Waals surface area contributed by atoms with Gasteiger partial charge in [-0.3, -0.25) is 4.18 Å². The monoisotopic (exact) mass is 368 g/mol. The number of rotatable bonds is 12. The average molecular weight is 368 g/mol. The summed E-state index contributed by atoms with van der Waals surface area (Å²) in [5, 5.41) is 0. The molecule has 1 fully saturated rings. The van der Waals surface area contributed by atoms with Crippen LogP contribution < -0.4 is 0 Å². The van der Waals surface area contributed by atoms with E-state index in [-0.39, 0.29) is 19.3 Å². The normalized spacial score (nSPS) is 21.8. The van der Waals surface area contributed by atoms with E-state index in [1.165, 1.54) is 0 Å². The zero-order valence-electron chi connectivity index (χ0n) is 14.8. The molecule has 0 spiro atoms. The Hall–Kier alpha value is -0.550. The van der Waals surface area contributed by atoms with Crippen molar-refractivity contribution < 1.29 is 36.3 Å². The smallest absolute Gasteiger partial charge is 0.291 e. The second-order valence-electron chi connectivity index (χ2n) is 6.09. The average Bonchev–Trinajstić information content (AvgIpc) is 2.83. The molecule has 0 aromatic carbocycles. The van der Waals surface area contributed by atoms with Gasteiger partial charge in [0.1, 0.15) is 12.2 Å². The summed E-state index contributed by atoms with van der Waals surface area (Å²) in [5.74, 6) is -1.18. The first kappa shape index (κ1) is 21.5. The molecule has 0 aromatic rings. The largest absolute Gasteiger partial charge is 0.376 e. The summed E-state index contributed by atoms with van der Waals surface area (Å²) in [6.07, 6.45) is -0.718. The van der Waals surface area contributed by atoms with Gasteiger partial charge in [-0.25, -0.2) is 0 Å². The van der Waals surface area contributed by atoms with Crippen molar-refractivity contribution in [1.82, 2.24) is 0 Å². The second-order valence-corrected chi connectivity index (χ2v) is 7.78. The summed E-state index contributed by atoms with van der Waals surface area (Å²) in [5.41, 5.74) is 0.859. The maximum atomic E-state index is 11.4. The molecular weight excluding hydrogens is 340 g/mol. The van der Waals surface area contributed by atoms with Gasteiger partial charge in [-0.1, -0.05) is 12.2 Å². The molecule has 1 saturated heterocycles. The standard InChI is InChI=1S/C15H28O8S/c1-12(2)6-19-7-13(21-11-24(16,17)18-5)8-20-9-14-10-22-15(3,4)23-14/h13-14H,1,6-11H2,2-5H3. The summed E-state index contributed by atoms with van der Waals surface area (Å²) in [6.45, 7) is 10.7. The third kappa shape index (κ3) is 9.07. The van der Waals surface area contributed by atoms with Crippen molar-refractivity contribution >= 4 is 10.1 Å². The highest BCUT2D eigenvalue weighted by molar-refractivity contribution is 7.86. The van der Waals surface area contributed by atoms with Gasteiger partial charge >= 0.3 is 0 Å². The second kappa shape index (κ2) is 9.81. The maximum absolute atomic E-state index is 11.4. The molecule has 9 heteroatoms. The molecule has 0 bridgehead atoms. The molecule has 0 aliphatic carbocycles. The van der Waals surface area contributed by atoms with Crippen LogP contribution in [0, 0.1) is 0 Å². The molecular formula is C15H28O8S. The van der Waals surface area contributed by atoms with Crippen LogP contribution >= 0.6 is 0 Å². The minimum Gasteiger partial charge on any atom is -0.376 e. The molecule has 1 aliphatic rings. The lowest BCUT2D eigenvalue weighted by molar-refractivity contribution is -0.147. The Balaban J connectivity index is 2.38.